The molecule has 2 aromatic heterocycles. The quantitative estimate of drug-likeness (QED) is 0.863. The summed E-state index contributed by atoms with van der Waals surface area (Å²) in [6.07, 6.45) is 3.04. The van der Waals surface area contributed by atoms with Crippen LogP contribution >= 0.6 is 0 Å². The summed E-state index contributed by atoms with van der Waals surface area (Å²) >= 11 is 0. The monoisotopic (exact) mass is 369 g/mol. The second kappa shape index (κ2) is 8.98. The van der Waals surface area contributed by atoms with Crippen LogP contribution in [0.2, 0.25) is 0 Å². The molecule has 8 nitrogen and oxygen atoms in total. The minimum absolute atomic E-state index is 0.172. The van der Waals surface area contributed by atoms with Gasteiger partial charge in [0.2, 0.25) is 0 Å². The highest BCUT2D eigenvalue weighted by Gasteiger charge is 2.23. The smallest absolute Gasteiger partial charge is 0.409 e. The molecule has 1 fully saturated rings. The Kier molecular flexibility index (Phi) is 6.19. The Labute approximate surface area is 158 Å². The van der Waals surface area contributed by atoms with Crippen LogP contribution in [0.4, 0.5) is 10.6 Å². The summed E-state index contributed by atoms with van der Waals surface area (Å²) in [4.78, 5) is 36.5. The lowest BCUT2D eigenvalue weighted by Gasteiger charge is -2.34. The average molecular weight is 369 g/mol. The molecule has 0 saturated carbocycles. The molecule has 2 aromatic rings. The molecule has 3 rings (SSSR count). The van der Waals surface area contributed by atoms with Crippen molar-refractivity contribution in [1.82, 2.24) is 20.2 Å². The Morgan fingerprint density at radius 3 is 2.63 bits per heavy atom. The van der Waals surface area contributed by atoms with Gasteiger partial charge in [0.05, 0.1) is 18.8 Å². The number of rotatable bonds is 5. The minimum atomic E-state index is -0.284. The standard InChI is InChI=1S/C19H23N5O3/c1-2-27-19(26)24-11-9-23(10-12-24)17-13-15(6-8-21-17)18(25)22-14-16-5-3-4-7-20-16/h3-8,13H,2,9-12,14H2,1H3,(H,22,25). The van der Waals surface area contributed by atoms with Crippen molar-refractivity contribution in [3.63, 3.8) is 0 Å². The molecule has 8 heteroatoms. The number of piperazine rings is 1. The van der Waals surface area contributed by atoms with Crippen LogP contribution < -0.4 is 10.2 Å². The summed E-state index contributed by atoms with van der Waals surface area (Å²) < 4.78 is 5.03. The lowest BCUT2D eigenvalue weighted by Crippen LogP contribution is -2.49. The number of anilines is 1. The van der Waals surface area contributed by atoms with Crippen molar-refractivity contribution >= 4 is 17.8 Å². The van der Waals surface area contributed by atoms with Crippen LogP contribution in [-0.2, 0) is 11.3 Å². The van der Waals surface area contributed by atoms with E-state index >= 15 is 0 Å². The summed E-state index contributed by atoms with van der Waals surface area (Å²) in [5, 5.41) is 2.86. The molecule has 0 unspecified atom stereocenters. The van der Waals surface area contributed by atoms with Gasteiger partial charge in [-0.05, 0) is 31.2 Å². The van der Waals surface area contributed by atoms with E-state index in [0.29, 0.717) is 44.9 Å². The largest absolute Gasteiger partial charge is 0.450 e. The fraction of sp³-hybridized carbons (Fsp3) is 0.368. The lowest BCUT2D eigenvalue weighted by atomic mass is 10.2. The minimum Gasteiger partial charge on any atom is -0.450 e. The molecule has 2 amide bonds. The second-order valence-corrected chi connectivity index (χ2v) is 6.08. The van der Waals surface area contributed by atoms with Gasteiger partial charge in [0, 0.05) is 44.1 Å². The molecule has 3 heterocycles. The van der Waals surface area contributed by atoms with Gasteiger partial charge < -0.3 is 19.9 Å². The van der Waals surface area contributed by atoms with E-state index in [4.69, 9.17) is 4.74 Å². The fourth-order valence-corrected chi connectivity index (χ4v) is 2.84. The van der Waals surface area contributed by atoms with Gasteiger partial charge >= 0.3 is 6.09 Å². The van der Waals surface area contributed by atoms with Gasteiger partial charge in [0.15, 0.2) is 0 Å². The van der Waals surface area contributed by atoms with Crippen molar-refractivity contribution < 1.29 is 14.3 Å². The maximum atomic E-state index is 12.4. The van der Waals surface area contributed by atoms with Crippen molar-refractivity contribution in [3.05, 3.63) is 54.0 Å². The zero-order chi connectivity index (χ0) is 19.1. The number of carbonyl (C=O) groups excluding carboxylic acids is 2. The van der Waals surface area contributed by atoms with Crippen molar-refractivity contribution in [2.45, 2.75) is 13.5 Å². The predicted octanol–water partition coefficient (Wildman–Crippen LogP) is 1.69. The van der Waals surface area contributed by atoms with Gasteiger partial charge in [-0.15, -0.1) is 0 Å². The van der Waals surface area contributed by atoms with Crippen molar-refractivity contribution in [2.75, 3.05) is 37.7 Å². The topological polar surface area (TPSA) is 87.7 Å². The van der Waals surface area contributed by atoms with Crippen LogP contribution in [0.25, 0.3) is 0 Å². The fourth-order valence-electron chi connectivity index (χ4n) is 2.84. The zero-order valence-electron chi connectivity index (χ0n) is 15.3. The molecule has 0 aromatic carbocycles. The summed E-state index contributed by atoms with van der Waals surface area (Å²) in [7, 11) is 0. The molecule has 1 N–H and O–H groups in total. The maximum Gasteiger partial charge on any atom is 0.409 e. The number of pyridine rings is 2. The molecule has 0 bridgehead atoms. The first-order valence-corrected chi connectivity index (χ1v) is 8.98. The van der Waals surface area contributed by atoms with E-state index in [-0.39, 0.29) is 12.0 Å². The number of aromatic nitrogens is 2. The van der Waals surface area contributed by atoms with Gasteiger partial charge in [-0.1, -0.05) is 6.07 Å². The molecular formula is C19H23N5O3. The first-order chi connectivity index (χ1) is 13.2. The molecule has 142 valence electrons. The molecule has 0 spiro atoms. The number of hydrogen-bond acceptors (Lipinski definition) is 6. The molecule has 1 saturated heterocycles. The summed E-state index contributed by atoms with van der Waals surface area (Å²) in [5.41, 5.74) is 1.35. The van der Waals surface area contributed by atoms with E-state index < -0.39 is 0 Å². The number of nitrogens with one attached hydrogen (secondary N) is 1. The van der Waals surface area contributed by atoms with Crippen LogP contribution in [0.15, 0.2) is 42.7 Å². The third kappa shape index (κ3) is 4.93. The van der Waals surface area contributed by atoms with Crippen molar-refractivity contribution in [3.8, 4) is 0 Å². The van der Waals surface area contributed by atoms with Gasteiger partial charge in [0.25, 0.3) is 5.91 Å². The Morgan fingerprint density at radius 1 is 1.11 bits per heavy atom. The zero-order valence-corrected chi connectivity index (χ0v) is 15.3. The van der Waals surface area contributed by atoms with E-state index in [2.05, 4.69) is 20.2 Å². The normalized spacial score (nSPS) is 14.0. The number of nitrogens with zero attached hydrogens (tertiary/aromatic N) is 4. The predicted molar refractivity (Wildman–Crippen MR) is 100 cm³/mol. The molecule has 0 aliphatic carbocycles. The summed E-state index contributed by atoms with van der Waals surface area (Å²) in [6, 6.07) is 9.04. The van der Waals surface area contributed by atoms with Crippen LogP contribution in [0, 0.1) is 0 Å². The van der Waals surface area contributed by atoms with Gasteiger partial charge in [0.1, 0.15) is 5.82 Å². The Hall–Kier alpha value is -3.16. The van der Waals surface area contributed by atoms with E-state index in [1.54, 1.807) is 36.4 Å². The van der Waals surface area contributed by atoms with Crippen LogP contribution in [0.5, 0.6) is 0 Å². The SMILES string of the molecule is CCOC(=O)N1CCN(c2cc(C(=O)NCc3ccccn3)ccn2)CC1. The number of amides is 2. The highest BCUT2D eigenvalue weighted by atomic mass is 16.6. The lowest BCUT2D eigenvalue weighted by molar-refractivity contribution is 0.0950. The molecule has 0 radical (unpaired) electrons. The average Bonchev–Trinajstić information content (AvgIpc) is 2.73. The molecule has 27 heavy (non-hydrogen) atoms. The molecular weight excluding hydrogens is 346 g/mol. The Morgan fingerprint density at radius 2 is 1.93 bits per heavy atom. The van der Waals surface area contributed by atoms with Gasteiger partial charge in [-0.2, -0.15) is 0 Å². The highest BCUT2D eigenvalue weighted by Crippen LogP contribution is 2.16. The van der Waals surface area contributed by atoms with Crippen LogP contribution in [0.3, 0.4) is 0 Å². The van der Waals surface area contributed by atoms with Crippen LogP contribution in [-0.4, -0.2) is 59.7 Å². The summed E-state index contributed by atoms with van der Waals surface area (Å²) in [5.74, 6) is 0.554. The highest BCUT2D eigenvalue weighted by molar-refractivity contribution is 5.94. The second-order valence-electron chi connectivity index (χ2n) is 6.08. The molecule has 0 atom stereocenters. The van der Waals surface area contributed by atoms with Gasteiger partial charge in [-0.25, -0.2) is 9.78 Å². The van der Waals surface area contributed by atoms with Crippen molar-refractivity contribution in [2.24, 2.45) is 0 Å². The van der Waals surface area contributed by atoms with E-state index in [1.165, 1.54) is 0 Å². The third-order valence-electron chi connectivity index (χ3n) is 4.29. The van der Waals surface area contributed by atoms with Crippen molar-refractivity contribution in [1.29, 1.82) is 0 Å². The van der Waals surface area contributed by atoms with E-state index in [1.807, 2.05) is 18.2 Å². The Balaban J connectivity index is 1.57. The van der Waals surface area contributed by atoms with Crippen LogP contribution in [0.1, 0.15) is 23.0 Å². The number of ether oxygens (including phenoxy) is 1. The first kappa shape index (κ1) is 18.6. The number of hydrogen-bond donors (Lipinski definition) is 1. The summed E-state index contributed by atoms with van der Waals surface area (Å²) in [6.45, 7) is 4.96. The third-order valence-corrected chi connectivity index (χ3v) is 4.29. The van der Waals surface area contributed by atoms with E-state index in [9.17, 15) is 9.59 Å². The molecule has 1 aliphatic heterocycles. The Bertz CT molecular complexity index is 776. The van der Waals surface area contributed by atoms with E-state index in [0.717, 1.165) is 11.5 Å². The molecule has 1 aliphatic rings. The first-order valence-electron chi connectivity index (χ1n) is 8.98. The maximum absolute atomic E-state index is 12.4. The number of carbonyl (C=O) groups is 2. The van der Waals surface area contributed by atoms with Gasteiger partial charge in [-0.3, -0.25) is 9.78 Å².